The predicted molar refractivity (Wildman–Crippen MR) is 107 cm³/mol. The lowest BCUT2D eigenvalue weighted by atomic mass is 10.1. The van der Waals surface area contributed by atoms with Crippen molar-refractivity contribution in [2.45, 2.75) is 12.5 Å². The van der Waals surface area contributed by atoms with Crippen LogP contribution >= 0.6 is 0 Å². The van der Waals surface area contributed by atoms with Crippen molar-refractivity contribution in [3.63, 3.8) is 0 Å². The van der Waals surface area contributed by atoms with Crippen LogP contribution in [0, 0.1) is 0 Å². The zero-order chi connectivity index (χ0) is 20.4. The van der Waals surface area contributed by atoms with Gasteiger partial charge in [0, 0.05) is 25.2 Å². The van der Waals surface area contributed by atoms with Gasteiger partial charge in [-0.1, -0.05) is 35.5 Å². The molecule has 3 N–H and O–H groups in total. The van der Waals surface area contributed by atoms with Crippen molar-refractivity contribution in [3.05, 3.63) is 71.6 Å². The number of hydrogen-bond donors (Lipinski definition) is 2. The Morgan fingerprint density at radius 1 is 1.24 bits per heavy atom. The number of nitrogen functional groups attached to an aromatic ring is 1. The molecule has 0 spiro atoms. The Morgan fingerprint density at radius 3 is 2.83 bits per heavy atom. The number of benzene rings is 2. The van der Waals surface area contributed by atoms with Gasteiger partial charge in [-0.2, -0.15) is 0 Å². The van der Waals surface area contributed by atoms with Gasteiger partial charge in [0.15, 0.2) is 5.69 Å². The lowest BCUT2D eigenvalue weighted by molar-refractivity contribution is -0.120. The molecule has 8 nitrogen and oxygen atoms in total. The summed E-state index contributed by atoms with van der Waals surface area (Å²) >= 11 is 0. The first-order valence-corrected chi connectivity index (χ1v) is 9.11. The number of aromatic nitrogens is 1. The van der Waals surface area contributed by atoms with Crippen LogP contribution in [-0.4, -0.2) is 36.7 Å². The number of rotatable bonds is 4. The summed E-state index contributed by atoms with van der Waals surface area (Å²) in [6.45, 7) is 0.000551. The largest absolute Gasteiger partial charge is 0.489 e. The number of nitrogens with one attached hydrogen (secondary N) is 1. The van der Waals surface area contributed by atoms with Crippen molar-refractivity contribution in [3.8, 4) is 5.75 Å². The van der Waals surface area contributed by atoms with Crippen molar-refractivity contribution in [1.29, 1.82) is 0 Å². The number of nitrogens with two attached hydrogens (primary N) is 1. The number of anilines is 2. The molecular weight excluding hydrogens is 372 g/mol. The third-order valence-corrected chi connectivity index (χ3v) is 4.70. The minimum atomic E-state index is -0.865. The van der Waals surface area contributed by atoms with Crippen molar-refractivity contribution in [1.82, 2.24) is 10.5 Å². The zero-order valence-corrected chi connectivity index (χ0v) is 15.8. The van der Waals surface area contributed by atoms with Crippen LogP contribution in [0.3, 0.4) is 0 Å². The van der Waals surface area contributed by atoms with E-state index >= 15 is 0 Å². The molecule has 1 aliphatic heterocycles. The van der Waals surface area contributed by atoms with Crippen molar-refractivity contribution in [2.75, 3.05) is 24.3 Å². The maximum Gasteiger partial charge on any atom is 0.274 e. The molecule has 3 aromatic rings. The molecule has 0 aliphatic carbocycles. The topological polar surface area (TPSA) is 111 Å². The number of nitrogens with zero attached hydrogens (tertiary/aromatic N) is 2. The van der Waals surface area contributed by atoms with E-state index in [1.165, 1.54) is 4.90 Å². The van der Waals surface area contributed by atoms with Crippen molar-refractivity contribution < 1.29 is 18.8 Å². The van der Waals surface area contributed by atoms with E-state index in [9.17, 15) is 9.59 Å². The van der Waals surface area contributed by atoms with Gasteiger partial charge in [-0.3, -0.25) is 9.59 Å². The van der Waals surface area contributed by atoms with Crippen molar-refractivity contribution >= 4 is 23.2 Å². The number of carbonyl (C=O) groups excluding carboxylic acids is 2. The van der Waals surface area contributed by atoms with E-state index in [1.54, 1.807) is 31.3 Å². The molecule has 8 heteroatoms. The highest BCUT2D eigenvalue weighted by Gasteiger charge is 2.31. The van der Waals surface area contributed by atoms with Gasteiger partial charge in [0.2, 0.25) is 0 Å². The summed E-state index contributed by atoms with van der Waals surface area (Å²) in [5, 5.41) is 6.50. The maximum atomic E-state index is 12.8. The second-order valence-corrected chi connectivity index (χ2v) is 6.80. The van der Waals surface area contributed by atoms with Gasteiger partial charge in [-0.05, 0) is 23.8 Å². The summed E-state index contributed by atoms with van der Waals surface area (Å²) in [4.78, 5) is 26.8. The first-order chi connectivity index (χ1) is 14.0. The molecule has 2 heterocycles. The van der Waals surface area contributed by atoms with Crippen LogP contribution in [-0.2, 0) is 11.2 Å². The molecule has 1 aromatic heterocycles. The first kappa shape index (κ1) is 18.5. The van der Waals surface area contributed by atoms with Gasteiger partial charge in [0.05, 0.1) is 5.69 Å². The molecule has 0 fully saturated rings. The van der Waals surface area contributed by atoms with Crippen LogP contribution < -0.4 is 20.7 Å². The standard InChI is InChI=1S/C21H20N4O4/c1-25-18-10-14(22)7-8-19(18)28-12-17(21(25)27)23-20(26)16-11-15(29-24-16)9-13-5-3-2-4-6-13/h2-8,10-11,17H,9,12,22H2,1H3,(H,23,26). The molecule has 1 unspecified atom stereocenters. The third kappa shape index (κ3) is 3.91. The van der Waals surface area contributed by atoms with Crippen LogP contribution in [0.25, 0.3) is 0 Å². The highest BCUT2D eigenvalue weighted by molar-refractivity contribution is 6.03. The summed E-state index contributed by atoms with van der Waals surface area (Å²) in [6.07, 6.45) is 0.520. The molecule has 0 radical (unpaired) electrons. The first-order valence-electron chi connectivity index (χ1n) is 9.11. The van der Waals surface area contributed by atoms with Gasteiger partial charge in [-0.15, -0.1) is 0 Å². The zero-order valence-electron chi connectivity index (χ0n) is 15.8. The molecule has 29 heavy (non-hydrogen) atoms. The SMILES string of the molecule is CN1C(=O)C(NC(=O)c2cc(Cc3ccccc3)on2)COc2ccc(N)cc21. The Bertz CT molecular complexity index is 1050. The Hall–Kier alpha value is -3.81. The third-order valence-electron chi connectivity index (χ3n) is 4.70. The highest BCUT2D eigenvalue weighted by Crippen LogP contribution is 2.32. The van der Waals surface area contributed by atoms with E-state index in [4.69, 9.17) is 15.0 Å². The van der Waals surface area contributed by atoms with E-state index in [2.05, 4.69) is 10.5 Å². The van der Waals surface area contributed by atoms with E-state index in [1.807, 2.05) is 30.3 Å². The smallest absolute Gasteiger partial charge is 0.274 e. The second kappa shape index (κ2) is 7.67. The number of hydrogen-bond acceptors (Lipinski definition) is 6. The van der Waals surface area contributed by atoms with E-state index < -0.39 is 11.9 Å². The quantitative estimate of drug-likeness (QED) is 0.657. The van der Waals surface area contributed by atoms with E-state index in [0.29, 0.717) is 29.3 Å². The molecule has 0 saturated heterocycles. The van der Waals surface area contributed by atoms with Gasteiger partial charge in [0.25, 0.3) is 11.8 Å². The van der Waals surface area contributed by atoms with Crippen molar-refractivity contribution in [2.24, 2.45) is 0 Å². The Kier molecular flexibility index (Phi) is 4.90. The summed E-state index contributed by atoms with van der Waals surface area (Å²) in [5.41, 5.74) is 8.03. The molecule has 1 atom stereocenters. The van der Waals surface area contributed by atoms with E-state index in [0.717, 1.165) is 5.56 Å². The fourth-order valence-electron chi connectivity index (χ4n) is 3.15. The molecule has 0 saturated carbocycles. The lowest BCUT2D eigenvalue weighted by Crippen LogP contribution is -2.49. The molecule has 148 valence electrons. The summed E-state index contributed by atoms with van der Waals surface area (Å²) < 4.78 is 11.0. The molecule has 0 bridgehead atoms. The molecule has 2 amide bonds. The Morgan fingerprint density at radius 2 is 2.03 bits per heavy atom. The molecular formula is C21H20N4O4. The minimum Gasteiger partial charge on any atom is -0.489 e. The Labute approximate surface area is 167 Å². The fourth-order valence-corrected chi connectivity index (χ4v) is 3.15. The summed E-state index contributed by atoms with van der Waals surface area (Å²) in [7, 11) is 1.61. The average Bonchev–Trinajstić information content (AvgIpc) is 3.16. The predicted octanol–water partition coefficient (Wildman–Crippen LogP) is 2.00. The molecule has 1 aliphatic rings. The van der Waals surface area contributed by atoms with Gasteiger partial charge in [-0.25, -0.2) is 0 Å². The number of likely N-dealkylation sites (N-methyl/N-ethyl adjacent to an activating group) is 1. The number of amides is 2. The number of ether oxygens (including phenoxy) is 1. The average molecular weight is 392 g/mol. The Balaban J connectivity index is 1.45. The summed E-state index contributed by atoms with van der Waals surface area (Å²) in [5.74, 6) is 0.271. The highest BCUT2D eigenvalue weighted by atomic mass is 16.5. The monoisotopic (exact) mass is 392 g/mol. The number of fused-ring (bicyclic) bond motifs is 1. The lowest BCUT2D eigenvalue weighted by Gasteiger charge is -2.20. The van der Waals surface area contributed by atoms with Crippen LogP contribution in [0.2, 0.25) is 0 Å². The normalized spacial score (nSPS) is 16.0. The van der Waals surface area contributed by atoms with Crippen LogP contribution in [0.1, 0.15) is 21.8 Å². The van der Waals surface area contributed by atoms with Gasteiger partial charge in [0.1, 0.15) is 24.2 Å². The van der Waals surface area contributed by atoms with Crippen LogP contribution in [0.5, 0.6) is 5.75 Å². The molecule has 4 rings (SSSR count). The van der Waals surface area contributed by atoms with Crippen LogP contribution in [0.4, 0.5) is 11.4 Å². The second-order valence-electron chi connectivity index (χ2n) is 6.80. The number of carbonyl (C=O) groups is 2. The fraction of sp³-hybridized carbons (Fsp3) is 0.190. The van der Waals surface area contributed by atoms with E-state index in [-0.39, 0.29) is 18.2 Å². The van der Waals surface area contributed by atoms with Gasteiger partial charge >= 0.3 is 0 Å². The maximum absolute atomic E-state index is 12.8. The summed E-state index contributed by atoms with van der Waals surface area (Å²) in [6, 6.07) is 15.5. The minimum absolute atomic E-state index is 0.000551. The van der Waals surface area contributed by atoms with Gasteiger partial charge < -0.3 is 25.2 Å². The van der Waals surface area contributed by atoms with Crippen LogP contribution in [0.15, 0.2) is 59.1 Å². The molecule has 2 aromatic carbocycles.